The number of rotatable bonds is 4. The van der Waals surface area contributed by atoms with E-state index in [0.29, 0.717) is 38.4 Å². The van der Waals surface area contributed by atoms with E-state index in [-0.39, 0.29) is 11.9 Å². The van der Waals surface area contributed by atoms with Gasteiger partial charge in [-0.05, 0) is 36.8 Å². The number of hydrogen-bond donors (Lipinski definition) is 2. The summed E-state index contributed by atoms with van der Waals surface area (Å²) >= 11 is 0. The van der Waals surface area contributed by atoms with Crippen molar-refractivity contribution in [2.75, 3.05) is 36.9 Å². The molecule has 136 valence electrons. The van der Waals surface area contributed by atoms with E-state index >= 15 is 0 Å². The molecule has 0 aromatic heterocycles. The Morgan fingerprint density at radius 1 is 0.923 bits per heavy atom. The van der Waals surface area contributed by atoms with Crippen molar-refractivity contribution in [2.24, 2.45) is 0 Å². The molecule has 2 aromatic carbocycles. The molecule has 6 nitrogen and oxygen atoms in total. The van der Waals surface area contributed by atoms with E-state index in [1.807, 2.05) is 48.2 Å². The molecule has 1 fully saturated rings. The second-order valence-corrected chi connectivity index (χ2v) is 6.31. The highest BCUT2D eigenvalue weighted by Crippen LogP contribution is 2.13. The van der Waals surface area contributed by atoms with Gasteiger partial charge < -0.3 is 20.3 Å². The first-order valence-corrected chi connectivity index (χ1v) is 8.69. The number of hydrogen-bond acceptors (Lipinski definition) is 3. The van der Waals surface area contributed by atoms with Gasteiger partial charge in [-0.3, -0.25) is 4.79 Å². The van der Waals surface area contributed by atoms with Crippen LogP contribution in [-0.4, -0.2) is 43.1 Å². The number of nitrogens with zero attached hydrogens (tertiary/aromatic N) is 1. The van der Waals surface area contributed by atoms with Crippen LogP contribution >= 0.6 is 0 Å². The van der Waals surface area contributed by atoms with Crippen molar-refractivity contribution in [3.05, 3.63) is 59.7 Å². The molecular formula is C20H23N3O3. The third-order valence-electron chi connectivity index (χ3n) is 4.24. The van der Waals surface area contributed by atoms with E-state index in [0.717, 1.165) is 16.8 Å². The van der Waals surface area contributed by atoms with Gasteiger partial charge in [0.15, 0.2) is 0 Å². The topological polar surface area (TPSA) is 70.7 Å². The number of urea groups is 1. The minimum Gasteiger partial charge on any atom is -0.378 e. The van der Waals surface area contributed by atoms with Crippen LogP contribution in [0.1, 0.15) is 11.1 Å². The number of anilines is 2. The number of nitrogens with one attached hydrogen (secondary N) is 2. The highest BCUT2D eigenvalue weighted by Gasteiger charge is 2.16. The van der Waals surface area contributed by atoms with Crippen molar-refractivity contribution in [1.82, 2.24) is 4.90 Å². The van der Waals surface area contributed by atoms with Crippen LogP contribution in [0.25, 0.3) is 0 Å². The van der Waals surface area contributed by atoms with Gasteiger partial charge in [0.05, 0.1) is 19.6 Å². The molecule has 3 amide bonds. The first-order chi connectivity index (χ1) is 12.6. The van der Waals surface area contributed by atoms with Crippen molar-refractivity contribution in [3.8, 4) is 0 Å². The Morgan fingerprint density at radius 2 is 1.46 bits per heavy atom. The summed E-state index contributed by atoms with van der Waals surface area (Å²) in [6.45, 7) is 4.50. The van der Waals surface area contributed by atoms with Crippen LogP contribution in [0.3, 0.4) is 0 Å². The number of ether oxygens (including phenoxy) is 1. The Morgan fingerprint density at radius 3 is 2.04 bits per heavy atom. The van der Waals surface area contributed by atoms with Gasteiger partial charge in [0, 0.05) is 24.5 Å². The molecule has 0 radical (unpaired) electrons. The van der Waals surface area contributed by atoms with Crippen LogP contribution < -0.4 is 10.6 Å². The summed E-state index contributed by atoms with van der Waals surface area (Å²) in [4.78, 5) is 26.1. The molecule has 1 aliphatic rings. The predicted octanol–water partition coefficient (Wildman–Crippen LogP) is 3.04. The van der Waals surface area contributed by atoms with E-state index in [1.54, 1.807) is 12.1 Å². The molecule has 0 bridgehead atoms. The van der Waals surface area contributed by atoms with Crippen molar-refractivity contribution in [3.63, 3.8) is 0 Å². The first kappa shape index (κ1) is 17.9. The van der Waals surface area contributed by atoms with Crippen LogP contribution in [0, 0.1) is 6.92 Å². The highest BCUT2D eigenvalue weighted by atomic mass is 16.5. The number of benzene rings is 2. The highest BCUT2D eigenvalue weighted by molar-refractivity contribution is 5.99. The standard InChI is InChI=1S/C20H23N3O3/c1-15-2-6-17(7-3-15)21-20(25)22-18-8-4-16(5-9-18)14-19(24)23-10-12-26-13-11-23/h2-9H,10-14H2,1H3,(H2,21,22,25). The molecule has 1 saturated heterocycles. The largest absolute Gasteiger partial charge is 0.378 e. The fourth-order valence-corrected chi connectivity index (χ4v) is 2.74. The molecule has 26 heavy (non-hydrogen) atoms. The Hall–Kier alpha value is -2.86. The number of carbonyl (C=O) groups is 2. The lowest BCUT2D eigenvalue weighted by atomic mass is 10.1. The Bertz CT molecular complexity index is 751. The molecule has 0 unspecified atom stereocenters. The van der Waals surface area contributed by atoms with Gasteiger partial charge >= 0.3 is 6.03 Å². The van der Waals surface area contributed by atoms with E-state index in [2.05, 4.69) is 10.6 Å². The van der Waals surface area contributed by atoms with Crippen LogP contribution in [0.4, 0.5) is 16.2 Å². The average Bonchev–Trinajstić information content (AvgIpc) is 2.66. The lowest BCUT2D eigenvalue weighted by molar-refractivity contribution is -0.134. The zero-order chi connectivity index (χ0) is 18.4. The summed E-state index contributed by atoms with van der Waals surface area (Å²) in [5.74, 6) is 0.103. The Kier molecular flexibility index (Phi) is 5.86. The van der Waals surface area contributed by atoms with E-state index in [4.69, 9.17) is 4.74 Å². The Balaban J connectivity index is 1.51. The van der Waals surface area contributed by atoms with E-state index < -0.39 is 0 Å². The van der Waals surface area contributed by atoms with E-state index in [9.17, 15) is 9.59 Å². The molecular weight excluding hydrogens is 330 g/mol. The maximum Gasteiger partial charge on any atom is 0.323 e. The SMILES string of the molecule is Cc1ccc(NC(=O)Nc2ccc(CC(=O)N3CCOCC3)cc2)cc1. The summed E-state index contributed by atoms with van der Waals surface area (Å²) in [5.41, 5.74) is 3.47. The third-order valence-corrected chi connectivity index (χ3v) is 4.24. The summed E-state index contributed by atoms with van der Waals surface area (Å²) in [6, 6.07) is 14.6. The normalized spacial score (nSPS) is 14.0. The van der Waals surface area contributed by atoms with Gasteiger partial charge in [0.2, 0.25) is 5.91 Å². The fourth-order valence-electron chi connectivity index (χ4n) is 2.74. The zero-order valence-electron chi connectivity index (χ0n) is 14.8. The molecule has 0 saturated carbocycles. The van der Waals surface area contributed by atoms with Crippen molar-refractivity contribution in [1.29, 1.82) is 0 Å². The number of amides is 3. The third kappa shape index (κ3) is 5.07. The fraction of sp³-hybridized carbons (Fsp3) is 0.300. The monoisotopic (exact) mass is 353 g/mol. The first-order valence-electron chi connectivity index (χ1n) is 8.69. The van der Waals surface area contributed by atoms with Crippen LogP contribution in [0.15, 0.2) is 48.5 Å². The summed E-state index contributed by atoms with van der Waals surface area (Å²) < 4.78 is 5.26. The maximum absolute atomic E-state index is 12.2. The lowest BCUT2D eigenvalue weighted by Gasteiger charge is -2.26. The minimum absolute atomic E-state index is 0.103. The molecule has 1 aliphatic heterocycles. The molecule has 0 spiro atoms. The van der Waals surface area contributed by atoms with Crippen LogP contribution in [0.2, 0.25) is 0 Å². The molecule has 1 heterocycles. The molecule has 6 heteroatoms. The molecule has 2 N–H and O–H groups in total. The van der Waals surface area contributed by atoms with Crippen LogP contribution in [-0.2, 0) is 16.0 Å². The zero-order valence-corrected chi connectivity index (χ0v) is 14.8. The van der Waals surface area contributed by atoms with Crippen molar-refractivity contribution >= 4 is 23.3 Å². The van der Waals surface area contributed by atoms with Gasteiger partial charge in [-0.15, -0.1) is 0 Å². The predicted molar refractivity (Wildman–Crippen MR) is 101 cm³/mol. The maximum atomic E-state index is 12.2. The van der Waals surface area contributed by atoms with Gasteiger partial charge in [-0.2, -0.15) is 0 Å². The number of carbonyl (C=O) groups excluding carboxylic acids is 2. The molecule has 2 aromatic rings. The second-order valence-electron chi connectivity index (χ2n) is 6.31. The quantitative estimate of drug-likeness (QED) is 0.887. The second kappa shape index (κ2) is 8.49. The van der Waals surface area contributed by atoms with Gasteiger partial charge in [-0.25, -0.2) is 4.79 Å². The lowest BCUT2D eigenvalue weighted by Crippen LogP contribution is -2.41. The van der Waals surface area contributed by atoms with Gasteiger partial charge in [-0.1, -0.05) is 29.8 Å². The minimum atomic E-state index is -0.300. The summed E-state index contributed by atoms with van der Waals surface area (Å²) in [7, 11) is 0. The number of aryl methyl sites for hydroxylation is 1. The van der Waals surface area contributed by atoms with E-state index in [1.165, 1.54) is 0 Å². The van der Waals surface area contributed by atoms with Gasteiger partial charge in [0.25, 0.3) is 0 Å². The smallest absolute Gasteiger partial charge is 0.323 e. The molecule has 0 atom stereocenters. The average molecular weight is 353 g/mol. The van der Waals surface area contributed by atoms with Crippen molar-refractivity contribution in [2.45, 2.75) is 13.3 Å². The molecule has 3 rings (SSSR count). The summed E-state index contributed by atoms with van der Waals surface area (Å²) in [6.07, 6.45) is 0.357. The molecule has 0 aliphatic carbocycles. The summed E-state index contributed by atoms with van der Waals surface area (Å²) in [5, 5.41) is 5.57. The van der Waals surface area contributed by atoms with Crippen molar-refractivity contribution < 1.29 is 14.3 Å². The Labute approximate surface area is 153 Å². The number of morpholine rings is 1. The van der Waals surface area contributed by atoms with Gasteiger partial charge in [0.1, 0.15) is 0 Å². The van der Waals surface area contributed by atoms with Crippen LogP contribution in [0.5, 0.6) is 0 Å².